The maximum atomic E-state index is 13.7. The SMILES string of the molecule is Cc1cc(C)cc(Cn2ccc3c(F)cccc32)c1. The molecule has 0 amide bonds. The predicted molar refractivity (Wildman–Crippen MR) is 76.9 cm³/mol. The zero-order valence-electron chi connectivity index (χ0n) is 11.2. The molecule has 0 aliphatic heterocycles. The maximum Gasteiger partial charge on any atom is 0.132 e. The van der Waals surface area contributed by atoms with Crippen molar-refractivity contribution in [3.05, 3.63) is 71.2 Å². The van der Waals surface area contributed by atoms with E-state index in [2.05, 4.69) is 36.6 Å². The lowest BCUT2D eigenvalue weighted by molar-refractivity contribution is 0.639. The molecule has 1 aromatic heterocycles. The number of rotatable bonds is 2. The lowest BCUT2D eigenvalue weighted by atomic mass is 10.1. The van der Waals surface area contributed by atoms with Crippen LogP contribution in [0.25, 0.3) is 10.9 Å². The van der Waals surface area contributed by atoms with E-state index in [1.165, 1.54) is 22.8 Å². The number of aromatic nitrogens is 1. The van der Waals surface area contributed by atoms with Crippen LogP contribution >= 0.6 is 0 Å². The summed E-state index contributed by atoms with van der Waals surface area (Å²) in [7, 11) is 0. The molecule has 2 aromatic carbocycles. The number of hydrogen-bond donors (Lipinski definition) is 0. The summed E-state index contributed by atoms with van der Waals surface area (Å²) in [4.78, 5) is 0. The highest BCUT2D eigenvalue weighted by atomic mass is 19.1. The molecular formula is C17H16FN. The molecule has 0 aliphatic carbocycles. The third-order valence-corrected chi connectivity index (χ3v) is 3.39. The van der Waals surface area contributed by atoms with E-state index in [1.807, 2.05) is 18.3 Å². The van der Waals surface area contributed by atoms with Crippen LogP contribution < -0.4 is 0 Å². The van der Waals surface area contributed by atoms with Crippen molar-refractivity contribution in [1.82, 2.24) is 4.57 Å². The lowest BCUT2D eigenvalue weighted by Crippen LogP contribution is -1.98. The van der Waals surface area contributed by atoms with Crippen LogP contribution in [-0.4, -0.2) is 4.57 Å². The second-order valence-corrected chi connectivity index (χ2v) is 5.11. The molecular weight excluding hydrogens is 237 g/mol. The molecule has 0 N–H and O–H groups in total. The molecule has 0 aliphatic rings. The van der Waals surface area contributed by atoms with Crippen molar-refractivity contribution < 1.29 is 4.39 Å². The van der Waals surface area contributed by atoms with Gasteiger partial charge in [-0.25, -0.2) is 4.39 Å². The van der Waals surface area contributed by atoms with Crippen LogP contribution in [0.4, 0.5) is 4.39 Å². The Kier molecular flexibility index (Phi) is 2.86. The number of fused-ring (bicyclic) bond motifs is 1. The molecule has 0 spiro atoms. The largest absolute Gasteiger partial charge is 0.343 e. The third-order valence-electron chi connectivity index (χ3n) is 3.39. The Balaban J connectivity index is 2.04. The summed E-state index contributed by atoms with van der Waals surface area (Å²) >= 11 is 0. The fourth-order valence-corrected chi connectivity index (χ4v) is 2.68. The van der Waals surface area contributed by atoms with Gasteiger partial charge in [-0.2, -0.15) is 0 Å². The number of nitrogens with zero attached hydrogens (tertiary/aromatic N) is 1. The molecule has 0 saturated carbocycles. The highest BCUT2D eigenvalue weighted by molar-refractivity contribution is 5.80. The van der Waals surface area contributed by atoms with E-state index in [0.717, 1.165) is 12.1 Å². The molecule has 1 heterocycles. The first kappa shape index (κ1) is 12.0. The second kappa shape index (κ2) is 4.54. The van der Waals surface area contributed by atoms with Gasteiger partial charge >= 0.3 is 0 Å². The van der Waals surface area contributed by atoms with Crippen LogP contribution in [0.3, 0.4) is 0 Å². The Bertz CT molecular complexity index is 720. The maximum absolute atomic E-state index is 13.7. The van der Waals surface area contributed by atoms with Crippen LogP contribution in [0.15, 0.2) is 48.7 Å². The first-order valence-electron chi connectivity index (χ1n) is 6.44. The minimum Gasteiger partial charge on any atom is -0.343 e. The minimum atomic E-state index is -0.156. The summed E-state index contributed by atoms with van der Waals surface area (Å²) in [5, 5.41) is 0.687. The molecule has 96 valence electrons. The van der Waals surface area contributed by atoms with E-state index in [9.17, 15) is 4.39 Å². The summed E-state index contributed by atoms with van der Waals surface area (Å²) in [5.74, 6) is -0.156. The Morgan fingerprint density at radius 1 is 1.00 bits per heavy atom. The third kappa shape index (κ3) is 2.26. The summed E-state index contributed by atoms with van der Waals surface area (Å²) in [6, 6.07) is 13.6. The van der Waals surface area contributed by atoms with Crippen molar-refractivity contribution in [3.63, 3.8) is 0 Å². The standard InChI is InChI=1S/C17H16FN/c1-12-8-13(2)10-14(9-12)11-19-7-6-15-16(18)4-3-5-17(15)19/h3-10H,11H2,1-2H3. The minimum absolute atomic E-state index is 0.156. The first-order valence-corrected chi connectivity index (χ1v) is 6.44. The van der Waals surface area contributed by atoms with Gasteiger partial charge in [-0.3, -0.25) is 0 Å². The topological polar surface area (TPSA) is 4.93 Å². The highest BCUT2D eigenvalue weighted by Gasteiger charge is 2.05. The molecule has 3 aromatic rings. The van der Waals surface area contributed by atoms with E-state index in [1.54, 1.807) is 6.07 Å². The number of halogens is 1. The molecule has 1 nitrogen and oxygen atoms in total. The van der Waals surface area contributed by atoms with Gasteiger partial charge in [-0.05, 0) is 37.6 Å². The molecule has 0 unspecified atom stereocenters. The Labute approximate surface area is 112 Å². The predicted octanol–water partition coefficient (Wildman–Crippen LogP) is 4.45. The molecule has 0 radical (unpaired) electrons. The van der Waals surface area contributed by atoms with Gasteiger partial charge in [0, 0.05) is 18.1 Å². The van der Waals surface area contributed by atoms with E-state index < -0.39 is 0 Å². The highest BCUT2D eigenvalue weighted by Crippen LogP contribution is 2.20. The monoisotopic (exact) mass is 253 g/mol. The smallest absolute Gasteiger partial charge is 0.132 e. The Hall–Kier alpha value is -2.09. The Morgan fingerprint density at radius 2 is 1.74 bits per heavy atom. The first-order chi connectivity index (χ1) is 9.13. The molecule has 3 rings (SSSR count). The normalized spacial score (nSPS) is 11.1. The van der Waals surface area contributed by atoms with Gasteiger partial charge in [0.25, 0.3) is 0 Å². The average Bonchev–Trinajstić information content (AvgIpc) is 2.73. The molecule has 2 heteroatoms. The average molecular weight is 253 g/mol. The van der Waals surface area contributed by atoms with Gasteiger partial charge in [0.05, 0.1) is 5.52 Å². The van der Waals surface area contributed by atoms with Gasteiger partial charge in [0.2, 0.25) is 0 Å². The fourth-order valence-electron chi connectivity index (χ4n) is 2.68. The second-order valence-electron chi connectivity index (χ2n) is 5.11. The number of hydrogen-bond acceptors (Lipinski definition) is 0. The van der Waals surface area contributed by atoms with Crippen molar-refractivity contribution >= 4 is 10.9 Å². The van der Waals surface area contributed by atoms with Crippen molar-refractivity contribution in [2.24, 2.45) is 0 Å². The van der Waals surface area contributed by atoms with Crippen LogP contribution in [0.5, 0.6) is 0 Å². The molecule has 0 fully saturated rings. The molecule has 0 atom stereocenters. The summed E-state index contributed by atoms with van der Waals surface area (Å²) in [6.07, 6.45) is 1.95. The summed E-state index contributed by atoms with van der Waals surface area (Å²) < 4.78 is 15.7. The summed E-state index contributed by atoms with van der Waals surface area (Å²) in [6.45, 7) is 4.98. The van der Waals surface area contributed by atoms with Crippen molar-refractivity contribution in [3.8, 4) is 0 Å². The van der Waals surface area contributed by atoms with Gasteiger partial charge in [-0.1, -0.05) is 35.4 Å². The van der Waals surface area contributed by atoms with Gasteiger partial charge in [0.1, 0.15) is 5.82 Å². The van der Waals surface area contributed by atoms with Gasteiger partial charge in [0.15, 0.2) is 0 Å². The van der Waals surface area contributed by atoms with Gasteiger partial charge in [-0.15, -0.1) is 0 Å². The Morgan fingerprint density at radius 3 is 2.47 bits per heavy atom. The van der Waals surface area contributed by atoms with E-state index >= 15 is 0 Å². The molecule has 0 saturated heterocycles. The van der Waals surface area contributed by atoms with Crippen molar-refractivity contribution in [2.75, 3.05) is 0 Å². The molecule has 0 bridgehead atoms. The van der Waals surface area contributed by atoms with Crippen molar-refractivity contribution in [2.45, 2.75) is 20.4 Å². The quantitative estimate of drug-likeness (QED) is 0.636. The molecule has 19 heavy (non-hydrogen) atoms. The van der Waals surface area contributed by atoms with E-state index in [-0.39, 0.29) is 5.82 Å². The van der Waals surface area contributed by atoms with Crippen LogP contribution in [0.2, 0.25) is 0 Å². The fraction of sp³-hybridized carbons (Fsp3) is 0.176. The number of benzene rings is 2. The van der Waals surface area contributed by atoms with Crippen LogP contribution in [0.1, 0.15) is 16.7 Å². The summed E-state index contributed by atoms with van der Waals surface area (Å²) in [5.41, 5.74) is 4.72. The van der Waals surface area contributed by atoms with E-state index in [0.29, 0.717) is 5.39 Å². The number of aryl methyl sites for hydroxylation is 2. The van der Waals surface area contributed by atoms with Crippen molar-refractivity contribution in [1.29, 1.82) is 0 Å². The van der Waals surface area contributed by atoms with Gasteiger partial charge < -0.3 is 4.57 Å². The zero-order valence-corrected chi connectivity index (χ0v) is 11.2. The zero-order chi connectivity index (χ0) is 13.4. The van der Waals surface area contributed by atoms with Crippen LogP contribution in [-0.2, 0) is 6.54 Å². The van der Waals surface area contributed by atoms with E-state index in [4.69, 9.17) is 0 Å². The lowest BCUT2D eigenvalue weighted by Gasteiger charge is -2.08. The van der Waals surface area contributed by atoms with Crippen LogP contribution in [0, 0.1) is 19.7 Å².